The number of nitrogens with one attached hydrogen (secondary N) is 1. The van der Waals surface area contributed by atoms with E-state index in [1.165, 1.54) is 0 Å². The van der Waals surface area contributed by atoms with E-state index < -0.39 is 0 Å². The lowest BCUT2D eigenvalue weighted by Gasteiger charge is -2.07. The summed E-state index contributed by atoms with van der Waals surface area (Å²) in [6.07, 6.45) is 1.70. The first-order chi connectivity index (χ1) is 8.65. The Bertz CT molecular complexity index is 576. The Balaban J connectivity index is 2.45. The molecule has 0 aliphatic rings. The van der Waals surface area contributed by atoms with Crippen LogP contribution in [0.1, 0.15) is 21.7 Å². The van der Waals surface area contributed by atoms with E-state index in [0.29, 0.717) is 18.1 Å². The third-order valence-corrected chi connectivity index (χ3v) is 2.58. The molecule has 0 saturated carbocycles. The number of carbonyl (C=O) groups is 1. The Hall–Kier alpha value is -2.21. The van der Waals surface area contributed by atoms with E-state index in [9.17, 15) is 4.79 Å². The molecule has 6 nitrogen and oxygen atoms in total. The molecule has 0 aliphatic carbocycles. The summed E-state index contributed by atoms with van der Waals surface area (Å²) in [5.41, 5.74) is 7.78. The molecule has 0 saturated heterocycles. The van der Waals surface area contributed by atoms with E-state index in [4.69, 9.17) is 5.73 Å². The van der Waals surface area contributed by atoms with Gasteiger partial charge in [-0.2, -0.15) is 5.10 Å². The first-order valence-corrected chi connectivity index (χ1v) is 5.60. The van der Waals surface area contributed by atoms with Crippen molar-refractivity contribution in [2.24, 2.45) is 5.73 Å². The zero-order valence-electron chi connectivity index (χ0n) is 10.3. The summed E-state index contributed by atoms with van der Waals surface area (Å²) in [5.74, 6) is 0.434. The highest BCUT2D eigenvalue weighted by atomic mass is 16.1. The molecule has 0 fully saturated rings. The largest absolute Gasteiger partial charge is 0.354 e. The molecule has 2 heterocycles. The number of aryl methyl sites for hydroxylation is 1. The maximum absolute atomic E-state index is 11.4. The molecule has 0 aliphatic heterocycles. The second-order valence-corrected chi connectivity index (χ2v) is 3.86. The molecular formula is C12H15N5O. The second kappa shape index (κ2) is 4.97. The van der Waals surface area contributed by atoms with Gasteiger partial charge < -0.3 is 11.1 Å². The van der Waals surface area contributed by atoms with Gasteiger partial charge >= 0.3 is 0 Å². The average molecular weight is 245 g/mol. The van der Waals surface area contributed by atoms with Crippen molar-refractivity contribution in [3.05, 3.63) is 41.3 Å². The monoisotopic (exact) mass is 245 g/mol. The molecule has 2 aromatic rings. The van der Waals surface area contributed by atoms with Crippen LogP contribution in [0.25, 0.3) is 5.82 Å². The van der Waals surface area contributed by atoms with E-state index in [0.717, 1.165) is 11.3 Å². The highest BCUT2D eigenvalue weighted by molar-refractivity contribution is 5.91. The van der Waals surface area contributed by atoms with Crippen molar-refractivity contribution in [2.75, 3.05) is 7.05 Å². The predicted molar refractivity (Wildman–Crippen MR) is 67.4 cm³/mol. The van der Waals surface area contributed by atoms with E-state index in [1.807, 2.05) is 19.1 Å². The van der Waals surface area contributed by atoms with Crippen molar-refractivity contribution in [1.29, 1.82) is 0 Å². The Morgan fingerprint density at radius 1 is 1.44 bits per heavy atom. The van der Waals surface area contributed by atoms with Crippen LogP contribution in [-0.2, 0) is 6.54 Å². The SMILES string of the molecule is CNC(=O)c1ccn(-c2nc(C)ccc2CN)n1. The Morgan fingerprint density at radius 3 is 2.89 bits per heavy atom. The van der Waals surface area contributed by atoms with Crippen molar-refractivity contribution >= 4 is 5.91 Å². The van der Waals surface area contributed by atoms with Crippen molar-refractivity contribution in [3.63, 3.8) is 0 Å². The van der Waals surface area contributed by atoms with Crippen LogP contribution < -0.4 is 11.1 Å². The number of rotatable bonds is 3. The lowest BCUT2D eigenvalue weighted by Crippen LogP contribution is -2.19. The first kappa shape index (κ1) is 12.3. The lowest BCUT2D eigenvalue weighted by molar-refractivity contribution is 0.0957. The summed E-state index contributed by atoms with van der Waals surface area (Å²) in [4.78, 5) is 15.8. The van der Waals surface area contributed by atoms with Crippen LogP contribution in [-0.4, -0.2) is 27.7 Å². The summed E-state index contributed by atoms with van der Waals surface area (Å²) in [7, 11) is 1.57. The molecule has 0 bridgehead atoms. The molecule has 18 heavy (non-hydrogen) atoms. The Morgan fingerprint density at radius 2 is 2.22 bits per heavy atom. The molecule has 0 atom stereocenters. The van der Waals surface area contributed by atoms with Crippen LogP contribution >= 0.6 is 0 Å². The number of nitrogens with zero attached hydrogens (tertiary/aromatic N) is 3. The molecule has 1 amide bonds. The maximum atomic E-state index is 11.4. The quantitative estimate of drug-likeness (QED) is 0.819. The highest BCUT2D eigenvalue weighted by Crippen LogP contribution is 2.12. The van der Waals surface area contributed by atoms with Gasteiger partial charge in [0.1, 0.15) is 0 Å². The smallest absolute Gasteiger partial charge is 0.271 e. The van der Waals surface area contributed by atoms with Gasteiger partial charge in [-0.05, 0) is 19.1 Å². The van der Waals surface area contributed by atoms with Gasteiger partial charge in [0.2, 0.25) is 0 Å². The summed E-state index contributed by atoms with van der Waals surface area (Å²) in [5, 5.41) is 6.71. The van der Waals surface area contributed by atoms with Crippen LogP contribution in [0, 0.1) is 6.92 Å². The van der Waals surface area contributed by atoms with Gasteiger partial charge in [0.25, 0.3) is 5.91 Å². The average Bonchev–Trinajstić information content (AvgIpc) is 2.87. The van der Waals surface area contributed by atoms with Crippen LogP contribution in [0.5, 0.6) is 0 Å². The fraction of sp³-hybridized carbons (Fsp3) is 0.250. The summed E-state index contributed by atoms with van der Waals surface area (Å²) < 4.78 is 1.57. The number of amides is 1. The van der Waals surface area contributed by atoms with E-state index in [1.54, 1.807) is 24.0 Å². The highest BCUT2D eigenvalue weighted by Gasteiger charge is 2.11. The van der Waals surface area contributed by atoms with Crippen LogP contribution in [0.15, 0.2) is 24.4 Å². The van der Waals surface area contributed by atoms with Crippen molar-refractivity contribution in [1.82, 2.24) is 20.1 Å². The summed E-state index contributed by atoms with van der Waals surface area (Å²) in [6.45, 7) is 2.27. The lowest BCUT2D eigenvalue weighted by atomic mass is 10.2. The van der Waals surface area contributed by atoms with Crippen LogP contribution in [0.4, 0.5) is 0 Å². The standard InChI is InChI=1S/C12H15N5O/c1-8-3-4-9(7-13)11(15-8)17-6-5-10(16-17)12(18)14-2/h3-6H,7,13H2,1-2H3,(H,14,18). The molecule has 2 rings (SSSR count). The van der Waals surface area contributed by atoms with E-state index in [2.05, 4.69) is 15.4 Å². The minimum atomic E-state index is -0.226. The topological polar surface area (TPSA) is 85.8 Å². The molecule has 94 valence electrons. The van der Waals surface area contributed by atoms with Crippen LogP contribution in [0.2, 0.25) is 0 Å². The van der Waals surface area contributed by atoms with Gasteiger partial charge in [0, 0.05) is 31.0 Å². The Labute approximate surface area is 105 Å². The van der Waals surface area contributed by atoms with Crippen LogP contribution in [0.3, 0.4) is 0 Å². The number of hydrogen-bond donors (Lipinski definition) is 2. The third-order valence-electron chi connectivity index (χ3n) is 2.58. The zero-order valence-corrected chi connectivity index (χ0v) is 10.3. The fourth-order valence-corrected chi connectivity index (χ4v) is 1.62. The fourth-order valence-electron chi connectivity index (χ4n) is 1.62. The van der Waals surface area contributed by atoms with Gasteiger partial charge in [-0.15, -0.1) is 0 Å². The number of aromatic nitrogens is 3. The summed E-state index contributed by atoms with van der Waals surface area (Å²) >= 11 is 0. The van der Waals surface area contributed by atoms with Gasteiger partial charge in [0.15, 0.2) is 11.5 Å². The Kier molecular flexibility index (Phi) is 3.38. The molecule has 0 aromatic carbocycles. The number of hydrogen-bond acceptors (Lipinski definition) is 4. The predicted octanol–water partition coefficient (Wildman–Crippen LogP) is 0.394. The van der Waals surface area contributed by atoms with Gasteiger partial charge in [-0.25, -0.2) is 9.67 Å². The molecule has 0 spiro atoms. The van der Waals surface area contributed by atoms with Gasteiger partial charge in [-0.3, -0.25) is 4.79 Å². The number of carbonyl (C=O) groups excluding carboxylic acids is 1. The second-order valence-electron chi connectivity index (χ2n) is 3.86. The van der Waals surface area contributed by atoms with Crippen molar-refractivity contribution < 1.29 is 4.79 Å². The van der Waals surface area contributed by atoms with Crippen molar-refractivity contribution in [2.45, 2.75) is 13.5 Å². The van der Waals surface area contributed by atoms with Gasteiger partial charge in [0.05, 0.1) is 0 Å². The van der Waals surface area contributed by atoms with Crippen molar-refractivity contribution in [3.8, 4) is 5.82 Å². The van der Waals surface area contributed by atoms with Gasteiger partial charge in [-0.1, -0.05) is 6.07 Å². The molecule has 2 aromatic heterocycles. The van der Waals surface area contributed by atoms with E-state index >= 15 is 0 Å². The number of pyridine rings is 1. The molecule has 0 unspecified atom stereocenters. The minimum absolute atomic E-state index is 0.226. The van der Waals surface area contributed by atoms with E-state index in [-0.39, 0.29) is 5.91 Å². The zero-order chi connectivity index (χ0) is 13.1. The third kappa shape index (κ3) is 2.23. The maximum Gasteiger partial charge on any atom is 0.271 e. The molecule has 6 heteroatoms. The molecule has 0 radical (unpaired) electrons. The normalized spacial score (nSPS) is 10.4. The number of nitrogens with two attached hydrogens (primary N) is 1. The summed E-state index contributed by atoms with van der Waals surface area (Å²) in [6, 6.07) is 5.46. The first-order valence-electron chi connectivity index (χ1n) is 5.60. The minimum Gasteiger partial charge on any atom is -0.354 e. The molecular weight excluding hydrogens is 230 g/mol. The molecule has 3 N–H and O–H groups in total.